The summed E-state index contributed by atoms with van der Waals surface area (Å²) in [7, 11) is 0. The van der Waals surface area contributed by atoms with Crippen molar-refractivity contribution in [2.45, 2.75) is 6.92 Å². The van der Waals surface area contributed by atoms with E-state index < -0.39 is 0 Å². The van der Waals surface area contributed by atoms with Gasteiger partial charge in [0, 0.05) is 9.81 Å². The molecule has 0 fully saturated rings. The van der Waals surface area contributed by atoms with Crippen LogP contribution in [0.15, 0.2) is 72.1 Å². The van der Waals surface area contributed by atoms with Gasteiger partial charge in [-0.3, -0.25) is 0 Å². The van der Waals surface area contributed by atoms with E-state index in [0.717, 1.165) is 9.81 Å². The molecule has 0 amide bonds. The summed E-state index contributed by atoms with van der Waals surface area (Å²) in [6, 6.07) is 0. The van der Waals surface area contributed by atoms with Crippen LogP contribution in [0, 0.1) is 0 Å². The summed E-state index contributed by atoms with van der Waals surface area (Å²) in [5, 5.41) is 0. The summed E-state index contributed by atoms with van der Waals surface area (Å²) in [6.07, 6.45) is 13.3. The van der Waals surface area contributed by atoms with E-state index in [1.165, 1.54) is 0 Å². The molecule has 0 aromatic carbocycles. The van der Waals surface area contributed by atoms with Crippen LogP contribution in [0.2, 0.25) is 0 Å². The van der Waals surface area contributed by atoms with Crippen LogP contribution in [0.4, 0.5) is 0 Å². The van der Waals surface area contributed by atoms with Crippen LogP contribution in [0.25, 0.3) is 0 Å². The Hall–Kier alpha value is -1.21. The fourth-order valence-electron chi connectivity index (χ4n) is 0.800. The minimum Gasteiger partial charge on any atom is -0.0990 e. The molecule has 0 aromatic heterocycles. The van der Waals surface area contributed by atoms with Crippen LogP contribution in [0.3, 0.4) is 0 Å². The molecule has 1 heteroatoms. The van der Waals surface area contributed by atoms with Gasteiger partial charge in [-0.2, -0.15) is 0 Å². The highest BCUT2D eigenvalue weighted by atomic mass is 32.2. The lowest BCUT2D eigenvalue weighted by molar-refractivity contribution is 1.71. The lowest BCUT2D eigenvalue weighted by Gasteiger charge is -2.01. The Morgan fingerprint density at radius 1 is 1.00 bits per heavy atom. The molecule has 14 heavy (non-hydrogen) atoms. The van der Waals surface area contributed by atoms with Crippen molar-refractivity contribution in [2.75, 3.05) is 0 Å². The first-order valence-corrected chi connectivity index (χ1v) is 5.18. The summed E-state index contributed by atoms with van der Waals surface area (Å²) in [5.74, 6) is 0. The second-order valence-corrected chi connectivity index (χ2v) is 3.56. The first kappa shape index (κ1) is 12.8. The first-order valence-electron chi connectivity index (χ1n) is 4.37. The number of hydrogen-bond acceptors (Lipinski definition) is 1. The van der Waals surface area contributed by atoms with Gasteiger partial charge < -0.3 is 0 Å². The molecule has 0 N–H and O–H groups in total. The van der Waals surface area contributed by atoms with Gasteiger partial charge in [-0.15, -0.1) is 0 Å². The van der Waals surface area contributed by atoms with Gasteiger partial charge in [0.2, 0.25) is 0 Å². The maximum Gasteiger partial charge on any atom is 0.0118 e. The fraction of sp³-hybridized carbons (Fsp3) is 0.0769. The number of thioether (sulfide) groups is 1. The summed E-state index contributed by atoms with van der Waals surface area (Å²) >= 11 is 1.64. The van der Waals surface area contributed by atoms with E-state index >= 15 is 0 Å². The Labute approximate surface area is 91.1 Å². The van der Waals surface area contributed by atoms with Gasteiger partial charge in [0.15, 0.2) is 0 Å². The van der Waals surface area contributed by atoms with E-state index in [0.29, 0.717) is 0 Å². The van der Waals surface area contributed by atoms with Gasteiger partial charge in [0.05, 0.1) is 0 Å². The van der Waals surface area contributed by atoms with Crippen molar-refractivity contribution in [1.29, 1.82) is 0 Å². The Kier molecular flexibility index (Phi) is 7.67. The third-order valence-electron chi connectivity index (χ3n) is 1.33. The Balaban J connectivity index is 4.65. The number of hydrogen-bond donors (Lipinski definition) is 0. The van der Waals surface area contributed by atoms with E-state index in [2.05, 4.69) is 19.7 Å². The first-order chi connectivity index (χ1) is 6.78. The standard InChI is InChI=1S/C13H16S/c1-5-9-12(8-4)14-13(10-6-2)11-7-3/h5-11H,1-2,4H2,3H3/b11-7-,12-9+,13-10+. The quantitative estimate of drug-likeness (QED) is 0.569. The van der Waals surface area contributed by atoms with Crippen molar-refractivity contribution < 1.29 is 0 Å². The monoisotopic (exact) mass is 204 g/mol. The Morgan fingerprint density at radius 3 is 2.00 bits per heavy atom. The zero-order chi connectivity index (χ0) is 10.8. The Bertz CT molecular complexity index is 290. The average molecular weight is 204 g/mol. The van der Waals surface area contributed by atoms with Crippen molar-refractivity contribution in [3.05, 3.63) is 72.1 Å². The van der Waals surface area contributed by atoms with Gasteiger partial charge in [-0.25, -0.2) is 0 Å². The van der Waals surface area contributed by atoms with Crippen LogP contribution < -0.4 is 0 Å². The summed E-state index contributed by atoms with van der Waals surface area (Å²) in [6.45, 7) is 13.1. The second-order valence-electron chi connectivity index (χ2n) is 2.42. The smallest absolute Gasteiger partial charge is 0.0118 e. The molecule has 0 spiro atoms. The van der Waals surface area contributed by atoms with Crippen LogP contribution in [0.1, 0.15) is 6.92 Å². The third kappa shape index (κ3) is 5.44. The van der Waals surface area contributed by atoms with Crippen molar-refractivity contribution in [3.63, 3.8) is 0 Å². The number of allylic oxidation sites excluding steroid dienone is 7. The van der Waals surface area contributed by atoms with E-state index in [-0.39, 0.29) is 0 Å². The molecule has 0 aliphatic rings. The van der Waals surface area contributed by atoms with Gasteiger partial charge in [0.25, 0.3) is 0 Å². The lowest BCUT2D eigenvalue weighted by Crippen LogP contribution is -1.72. The Morgan fingerprint density at radius 2 is 1.57 bits per heavy atom. The van der Waals surface area contributed by atoms with E-state index in [1.807, 2.05) is 37.3 Å². The summed E-state index contributed by atoms with van der Waals surface area (Å²) < 4.78 is 0. The fourth-order valence-corrected chi connectivity index (χ4v) is 1.69. The molecule has 0 aliphatic carbocycles. The number of rotatable bonds is 6. The molecule has 0 bridgehead atoms. The third-order valence-corrected chi connectivity index (χ3v) is 2.38. The van der Waals surface area contributed by atoms with E-state index in [4.69, 9.17) is 0 Å². The average Bonchev–Trinajstić information content (AvgIpc) is 2.18. The maximum atomic E-state index is 3.74. The van der Waals surface area contributed by atoms with Gasteiger partial charge >= 0.3 is 0 Å². The molecule has 0 heterocycles. The van der Waals surface area contributed by atoms with Gasteiger partial charge in [-0.1, -0.05) is 61.9 Å². The van der Waals surface area contributed by atoms with Crippen molar-refractivity contribution >= 4 is 11.8 Å². The predicted molar refractivity (Wildman–Crippen MR) is 69.2 cm³/mol. The van der Waals surface area contributed by atoms with Crippen molar-refractivity contribution in [2.24, 2.45) is 0 Å². The molecule has 0 radical (unpaired) electrons. The minimum absolute atomic E-state index is 1.08. The highest BCUT2D eigenvalue weighted by Crippen LogP contribution is 2.27. The van der Waals surface area contributed by atoms with Crippen LogP contribution in [-0.4, -0.2) is 0 Å². The zero-order valence-electron chi connectivity index (χ0n) is 8.57. The maximum absolute atomic E-state index is 3.74. The molecule has 0 rings (SSSR count). The lowest BCUT2D eigenvalue weighted by atomic mass is 10.4. The molecule has 0 saturated heterocycles. The minimum atomic E-state index is 1.08. The SMILES string of the molecule is C=C/C=C(\C=C)SC(/C=C\C)=C/C=C. The van der Waals surface area contributed by atoms with Crippen molar-refractivity contribution in [3.8, 4) is 0 Å². The van der Waals surface area contributed by atoms with Crippen LogP contribution >= 0.6 is 11.8 Å². The largest absolute Gasteiger partial charge is 0.0990 e. The van der Waals surface area contributed by atoms with Crippen molar-refractivity contribution in [1.82, 2.24) is 0 Å². The van der Waals surface area contributed by atoms with Crippen LogP contribution in [-0.2, 0) is 0 Å². The van der Waals surface area contributed by atoms with Crippen LogP contribution in [0.5, 0.6) is 0 Å². The molecule has 0 atom stereocenters. The molecule has 0 unspecified atom stereocenters. The van der Waals surface area contributed by atoms with Gasteiger partial charge in [0.1, 0.15) is 0 Å². The molecular formula is C13H16S. The molecule has 74 valence electrons. The normalized spacial score (nSPS) is 12.9. The highest BCUT2D eigenvalue weighted by Gasteiger charge is 1.94. The molecule has 0 saturated carbocycles. The van der Waals surface area contributed by atoms with Gasteiger partial charge in [-0.05, 0) is 19.1 Å². The summed E-state index contributed by atoms with van der Waals surface area (Å²) in [4.78, 5) is 2.21. The highest BCUT2D eigenvalue weighted by molar-refractivity contribution is 8.07. The van der Waals surface area contributed by atoms with E-state index in [1.54, 1.807) is 23.9 Å². The predicted octanol–water partition coefficient (Wildman–Crippen LogP) is 4.62. The topological polar surface area (TPSA) is 0 Å². The summed E-state index contributed by atoms with van der Waals surface area (Å²) in [5.41, 5.74) is 0. The molecule has 0 aliphatic heterocycles. The zero-order valence-corrected chi connectivity index (χ0v) is 9.39. The molecule has 0 nitrogen and oxygen atoms in total. The second kappa shape index (κ2) is 8.39. The molecular weight excluding hydrogens is 188 g/mol. The molecule has 0 aromatic rings. The van der Waals surface area contributed by atoms with E-state index in [9.17, 15) is 0 Å².